The molecule has 0 aliphatic heterocycles. The molecule has 0 aliphatic rings. The molecule has 0 amide bonds. The van der Waals surface area contributed by atoms with Crippen molar-refractivity contribution in [3.8, 4) is 0 Å². The second-order valence-corrected chi connectivity index (χ2v) is 3.05. The molecule has 0 aliphatic carbocycles. The number of imidazole rings is 1. The van der Waals surface area contributed by atoms with Gasteiger partial charge in [0.05, 0.1) is 5.69 Å². The van der Waals surface area contributed by atoms with Crippen LogP contribution in [0.2, 0.25) is 0 Å². The van der Waals surface area contributed by atoms with Crippen LogP contribution in [0.1, 0.15) is 11.3 Å². The Hall–Kier alpha value is -1.45. The van der Waals surface area contributed by atoms with E-state index in [1.54, 1.807) is 6.92 Å². The Bertz CT molecular complexity index is 474. The highest BCUT2D eigenvalue weighted by molar-refractivity contribution is 5.43. The quantitative estimate of drug-likeness (QED) is 0.610. The largest absolute Gasteiger partial charge is 0.273 e. The SMILES string of the molecule is Cc1cc(F)c2nc(C)c(F)n2c1. The predicted octanol–water partition coefficient (Wildman–Crippen LogP) is 2.23. The molecule has 68 valence electrons. The van der Waals surface area contributed by atoms with Crippen molar-refractivity contribution < 1.29 is 8.78 Å². The summed E-state index contributed by atoms with van der Waals surface area (Å²) in [6.45, 7) is 3.22. The van der Waals surface area contributed by atoms with Crippen LogP contribution in [0.4, 0.5) is 8.78 Å². The van der Waals surface area contributed by atoms with Gasteiger partial charge in [-0.15, -0.1) is 0 Å². The van der Waals surface area contributed by atoms with Crippen LogP contribution in [0.25, 0.3) is 5.65 Å². The predicted molar refractivity (Wildman–Crippen MR) is 44.6 cm³/mol. The van der Waals surface area contributed by atoms with E-state index in [9.17, 15) is 8.78 Å². The number of hydrogen-bond donors (Lipinski definition) is 0. The summed E-state index contributed by atoms with van der Waals surface area (Å²) >= 11 is 0. The van der Waals surface area contributed by atoms with Crippen molar-refractivity contribution in [2.75, 3.05) is 0 Å². The number of rotatable bonds is 0. The third-order valence-electron chi connectivity index (χ3n) is 1.91. The maximum atomic E-state index is 13.3. The molecule has 0 saturated heterocycles. The monoisotopic (exact) mass is 182 g/mol. The van der Waals surface area contributed by atoms with Crippen molar-refractivity contribution in [3.05, 3.63) is 35.3 Å². The van der Waals surface area contributed by atoms with Crippen molar-refractivity contribution in [2.45, 2.75) is 13.8 Å². The van der Waals surface area contributed by atoms with Gasteiger partial charge in [-0.3, -0.25) is 4.40 Å². The van der Waals surface area contributed by atoms with E-state index in [2.05, 4.69) is 4.98 Å². The number of nitrogens with zero attached hydrogens (tertiary/aromatic N) is 2. The van der Waals surface area contributed by atoms with Crippen LogP contribution in [-0.4, -0.2) is 9.38 Å². The Morgan fingerprint density at radius 1 is 1.31 bits per heavy atom. The van der Waals surface area contributed by atoms with Gasteiger partial charge in [0.1, 0.15) is 0 Å². The van der Waals surface area contributed by atoms with Crippen LogP contribution >= 0.6 is 0 Å². The van der Waals surface area contributed by atoms with Gasteiger partial charge >= 0.3 is 0 Å². The van der Waals surface area contributed by atoms with Crippen LogP contribution in [0.15, 0.2) is 12.3 Å². The van der Waals surface area contributed by atoms with E-state index in [4.69, 9.17) is 0 Å². The van der Waals surface area contributed by atoms with Crippen molar-refractivity contribution in [3.63, 3.8) is 0 Å². The molecule has 2 rings (SSSR count). The van der Waals surface area contributed by atoms with E-state index in [0.717, 1.165) is 4.40 Å². The summed E-state index contributed by atoms with van der Waals surface area (Å²) in [6, 6.07) is 1.33. The zero-order chi connectivity index (χ0) is 9.59. The molecule has 0 aromatic carbocycles. The zero-order valence-electron chi connectivity index (χ0n) is 7.31. The lowest BCUT2D eigenvalue weighted by Gasteiger charge is -1.97. The number of pyridine rings is 1. The highest BCUT2D eigenvalue weighted by atomic mass is 19.1. The van der Waals surface area contributed by atoms with Crippen LogP contribution < -0.4 is 0 Å². The molecule has 0 saturated carbocycles. The lowest BCUT2D eigenvalue weighted by atomic mass is 10.3. The fourth-order valence-corrected chi connectivity index (χ4v) is 1.32. The van der Waals surface area contributed by atoms with Crippen LogP contribution in [-0.2, 0) is 0 Å². The summed E-state index contributed by atoms with van der Waals surface area (Å²) < 4.78 is 27.6. The first kappa shape index (κ1) is 8.16. The van der Waals surface area contributed by atoms with Crippen LogP contribution in [0, 0.1) is 25.6 Å². The first-order valence-electron chi connectivity index (χ1n) is 3.90. The van der Waals surface area contributed by atoms with Gasteiger partial charge in [0.25, 0.3) is 0 Å². The van der Waals surface area contributed by atoms with E-state index < -0.39 is 11.8 Å². The van der Waals surface area contributed by atoms with Crippen molar-refractivity contribution >= 4 is 5.65 Å². The molecule has 0 unspecified atom stereocenters. The Labute approximate surface area is 73.8 Å². The Kier molecular flexibility index (Phi) is 1.58. The van der Waals surface area contributed by atoms with Gasteiger partial charge in [-0.05, 0) is 25.5 Å². The Morgan fingerprint density at radius 2 is 2.00 bits per heavy atom. The van der Waals surface area contributed by atoms with Gasteiger partial charge < -0.3 is 0 Å². The minimum Gasteiger partial charge on any atom is -0.273 e. The fraction of sp³-hybridized carbons (Fsp3) is 0.222. The normalized spacial score (nSPS) is 11.1. The number of hydrogen-bond acceptors (Lipinski definition) is 1. The molecule has 13 heavy (non-hydrogen) atoms. The second-order valence-electron chi connectivity index (χ2n) is 3.05. The highest BCUT2D eigenvalue weighted by Gasteiger charge is 2.11. The highest BCUT2D eigenvalue weighted by Crippen LogP contribution is 2.14. The second kappa shape index (κ2) is 2.52. The molecular weight excluding hydrogens is 174 g/mol. The fourth-order valence-electron chi connectivity index (χ4n) is 1.32. The van der Waals surface area contributed by atoms with E-state index in [1.807, 2.05) is 0 Å². The standard InChI is InChI=1S/C9H8F2N2/c1-5-3-7(10)9-12-6(2)8(11)13(9)4-5/h3-4H,1-2H3. The number of fused-ring (bicyclic) bond motifs is 1. The van der Waals surface area contributed by atoms with Gasteiger partial charge in [0.2, 0.25) is 5.95 Å². The van der Waals surface area contributed by atoms with Gasteiger partial charge in [0.15, 0.2) is 11.5 Å². The minimum absolute atomic E-state index is 0.0422. The third-order valence-corrected chi connectivity index (χ3v) is 1.91. The van der Waals surface area contributed by atoms with Gasteiger partial charge in [-0.1, -0.05) is 0 Å². The van der Waals surface area contributed by atoms with E-state index in [0.29, 0.717) is 5.56 Å². The molecule has 2 aromatic heterocycles. The average Bonchev–Trinajstić information content (AvgIpc) is 2.32. The van der Waals surface area contributed by atoms with E-state index in [1.165, 1.54) is 19.2 Å². The molecule has 2 aromatic rings. The number of halogens is 2. The lowest BCUT2D eigenvalue weighted by Crippen LogP contribution is -1.92. The number of aryl methyl sites for hydroxylation is 2. The molecule has 0 atom stereocenters. The summed E-state index contributed by atoms with van der Waals surface area (Å²) in [6.07, 6.45) is 1.52. The van der Waals surface area contributed by atoms with Crippen LogP contribution in [0.3, 0.4) is 0 Å². The molecule has 4 heteroatoms. The Balaban J connectivity index is 2.94. The molecule has 0 spiro atoms. The Morgan fingerprint density at radius 3 is 2.69 bits per heavy atom. The summed E-state index contributed by atoms with van der Waals surface area (Å²) in [5.74, 6) is -0.996. The first-order valence-corrected chi connectivity index (χ1v) is 3.90. The maximum Gasteiger partial charge on any atom is 0.220 e. The topological polar surface area (TPSA) is 17.3 Å². The molecule has 0 fully saturated rings. The van der Waals surface area contributed by atoms with Gasteiger partial charge in [-0.2, -0.15) is 4.39 Å². The molecular formula is C9H8F2N2. The summed E-state index contributed by atoms with van der Waals surface area (Å²) in [4.78, 5) is 3.77. The van der Waals surface area contributed by atoms with Crippen molar-refractivity contribution in [2.24, 2.45) is 0 Å². The first-order chi connectivity index (χ1) is 6.09. The minimum atomic E-state index is -0.502. The van der Waals surface area contributed by atoms with Gasteiger partial charge in [-0.25, -0.2) is 9.37 Å². The summed E-state index contributed by atoms with van der Waals surface area (Å²) in [5.41, 5.74) is 0.923. The zero-order valence-corrected chi connectivity index (χ0v) is 7.31. The summed E-state index contributed by atoms with van der Waals surface area (Å²) in [5, 5.41) is 0. The maximum absolute atomic E-state index is 13.3. The average molecular weight is 182 g/mol. The molecule has 2 nitrogen and oxygen atoms in total. The van der Waals surface area contributed by atoms with Gasteiger partial charge in [0, 0.05) is 6.20 Å². The van der Waals surface area contributed by atoms with Crippen LogP contribution in [0.5, 0.6) is 0 Å². The molecule has 2 heterocycles. The summed E-state index contributed by atoms with van der Waals surface area (Å²) in [7, 11) is 0. The third kappa shape index (κ3) is 1.09. The number of aromatic nitrogens is 2. The van der Waals surface area contributed by atoms with E-state index in [-0.39, 0.29) is 11.3 Å². The molecule has 0 N–H and O–H groups in total. The lowest BCUT2D eigenvalue weighted by molar-refractivity contribution is 0.558. The molecule has 0 bridgehead atoms. The van der Waals surface area contributed by atoms with Crippen molar-refractivity contribution in [1.82, 2.24) is 9.38 Å². The smallest absolute Gasteiger partial charge is 0.220 e. The molecule has 0 radical (unpaired) electrons. The van der Waals surface area contributed by atoms with Crippen molar-refractivity contribution in [1.29, 1.82) is 0 Å². The van der Waals surface area contributed by atoms with E-state index >= 15 is 0 Å².